The van der Waals surface area contributed by atoms with Crippen LogP contribution in [-0.4, -0.2) is 23.1 Å². The van der Waals surface area contributed by atoms with Gasteiger partial charge in [-0.2, -0.15) is 0 Å². The third-order valence-electron chi connectivity index (χ3n) is 2.98. The second-order valence-electron chi connectivity index (χ2n) is 4.31. The molecule has 0 spiro atoms. The molecule has 19 heavy (non-hydrogen) atoms. The van der Waals surface area contributed by atoms with E-state index in [9.17, 15) is 14.7 Å². The van der Waals surface area contributed by atoms with E-state index in [1.165, 1.54) is 0 Å². The summed E-state index contributed by atoms with van der Waals surface area (Å²) < 4.78 is 0. The topological polar surface area (TPSA) is 78.4 Å². The Labute approximate surface area is 113 Å². The van der Waals surface area contributed by atoms with Crippen LogP contribution in [0.4, 0.5) is 4.79 Å². The van der Waals surface area contributed by atoms with Crippen molar-refractivity contribution in [1.29, 1.82) is 0 Å². The first kappa shape index (κ1) is 15.0. The number of hydrogen-bond acceptors (Lipinski definition) is 2. The summed E-state index contributed by atoms with van der Waals surface area (Å²) in [7, 11) is 0. The highest BCUT2D eigenvalue weighted by molar-refractivity contribution is 5.83. The van der Waals surface area contributed by atoms with E-state index in [4.69, 9.17) is 0 Å². The van der Waals surface area contributed by atoms with Crippen LogP contribution in [0.1, 0.15) is 38.3 Å². The molecule has 1 aromatic rings. The summed E-state index contributed by atoms with van der Waals surface area (Å²) in [6.07, 6.45) is 1.62. The van der Waals surface area contributed by atoms with Crippen LogP contribution < -0.4 is 10.6 Å². The molecule has 0 radical (unpaired) electrons. The number of amides is 2. The average molecular weight is 264 g/mol. The van der Waals surface area contributed by atoms with Gasteiger partial charge in [-0.3, -0.25) is 0 Å². The molecule has 0 aliphatic rings. The lowest BCUT2D eigenvalue weighted by molar-refractivity contribution is -0.139. The number of carboxylic acid groups (broad SMARTS) is 1. The average Bonchev–Trinajstić information content (AvgIpc) is 2.42. The molecule has 1 rings (SSSR count). The second kappa shape index (κ2) is 7.41. The molecule has 0 saturated carbocycles. The molecule has 1 atom stereocenters. The fourth-order valence-corrected chi connectivity index (χ4v) is 1.78. The Bertz CT molecular complexity index is 416. The van der Waals surface area contributed by atoms with E-state index < -0.39 is 18.0 Å². The maximum atomic E-state index is 11.8. The van der Waals surface area contributed by atoms with Gasteiger partial charge >= 0.3 is 12.0 Å². The van der Waals surface area contributed by atoms with Gasteiger partial charge in [0.05, 0.1) is 0 Å². The number of aliphatic carboxylic acids is 1. The zero-order chi connectivity index (χ0) is 14.3. The summed E-state index contributed by atoms with van der Waals surface area (Å²) in [5, 5.41) is 14.4. The number of nitrogens with one attached hydrogen (secondary N) is 2. The van der Waals surface area contributed by atoms with Crippen molar-refractivity contribution in [2.75, 3.05) is 0 Å². The van der Waals surface area contributed by atoms with Crippen LogP contribution in [0.3, 0.4) is 0 Å². The Balaban J connectivity index is 2.70. The zero-order valence-electron chi connectivity index (χ0n) is 11.2. The molecule has 2 amide bonds. The van der Waals surface area contributed by atoms with Crippen LogP contribution >= 0.6 is 0 Å². The van der Waals surface area contributed by atoms with Crippen LogP contribution in [0.15, 0.2) is 30.3 Å². The van der Waals surface area contributed by atoms with E-state index in [1.807, 2.05) is 13.8 Å². The maximum absolute atomic E-state index is 11.8. The molecule has 0 bridgehead atoms. The van der Waals surface area contributed by atoms with Crippen molar-refractivity contribution in [2.24, 2.45) is 0 Å². The van der Waals surface area contributed by atoms with Crippen molar-refractivity contribution in [3.63, 3.8) is 0 Å². The SMILES string of the molecule is CCC(CC)NC(=O)NC(C(=O)O)c1ccccc1. The van der Waals surface area contributed by atoms with Crippen LogP contribution in [0.25, 0.3) is 0 Å². The van der Waals surface area contributed by atoms with Crippen LogP contribution in [0.5, 0.6) is 0 Å². The maximum Gasteiger partial charge on any atom is 0.330 e. The van der Waals surface area contributed by atoms with Gasteiger partial charge in [0.25, 0.3) is 0 Å². The minimum absolute atomic E-state index is 0.0604. The summed E-state index contributed by atoms with van der Waals surface area (Å²) in [4.78, 5) is 23.0. The molecule has 0 saturated heterocycles. The summed E-state index contributed by atoms with van der Waals surface area (Å²) in [6.45, 7) is 3.95. The second-order valence-corrected chi connectivity index (χ2v) is 4.31. The van der Waals surface area contributed by atoms with E-state index in [0.717, 1.165) is 12.8 Å². The van der Waals surface area contributed by atoms with E-state index >= 15 is 0 Å². The predicted molar refractivity (Wildman–Crippen MR) is 72.9 cm³/mol. The number of carbonyl (C=O) groups excluding carboxylic acids is 1. The standard InChI is InChI=1S/C14H20N2O3/c1-3-11(4-2)15-14(19)16-12(13(17)18)10-8-6-5-7-9-10/h5-9,11-12H,3-4H2,1-2H3,(H,17,18)(H2,15,16,19). The Morgan fingerprint density at radius 1 is 1.11 bits per heavy atom. The molecule has 104 valence electrons. The molecule has 5 nitrogen and oxygen atoms in total. The van der Waals surface area contributed by atoms with Gasteiger partial charge in [-0.25, -0.2) is 9.59 Å². The summed E-state index contributed by atoms with van der Waals surface area (Å²) in [6, 6.07) is 7.21. The highest BCUT2D eigenvalue weighted by atomic mass is 16.4. The Hall–Kier alpha value is -2.04. The highest BCUT2D eigenvalue weighted by Gasteiger charge is 2.22. The summed E-state index contributed by atoms with van der Waals surface area (Å²) in [5.41, 5.74) is 0.551. The number of hydrogen-bond donors (Lipinski definition) is 3. The molecular weight excluding hydrogens is 244 g/mol. The molecule has 0 aromatic heterocycles. The molecule has 0 aliphatic heterocycles. The Kier molecular flexibility index (Phi) is 5.85. The van der Waals surface area contributed by atoms with Crippen molar-refractivity contribution in [1.82, 2.24) is 10.6 Å². The van der Waals surface area contributed by atoms with Gasteiger partial charge in [0.1, 0.15) is 0 Å². The lowest BCUT2D eigenvalue weighted by Crippen LogP contribution is -2.44. The monoisotopic (exact) mass is 264 g/mol. The highest BCUT2D eigenvalue weighted by Crippen LogP contribution is 2.12. The molecular formula is C14H20N2O3. The summed E-state index contributed by atoms with van der Waals surface area (Å²) in [5.74, 6) is -1.08. The minimum Gasteiger partial charge on any atom is -0.479 e. The smallest absolute Gasteiger partial charge is 0.330 e. The van der Waals surface area contributed by atoms with Crippen molar-refractivity contribution in [3.05, 3.63) is 35.9 Å². The van der Waals surface area contributed by atoms with Crippen molar-refractivity contribution in [3.8, 4) is 0 Å². The predicted octanol–water partition coefficient (Wildman–Crippen LogP) is 2.30. The summed E-state index contributed by atoms with van der Waals surface area (Å²) >= 11 is 0. The van der Waals surface area contributed by atoms with E-state index in [2.05, 4.69) is 10.6 Å². The van der Waals surface area contributed by atoms with Crippen molar-refractivity contribution in [2.45, 2.75) is 38.8 Å². The third-order valence-corrected chi connectivity index (χ3v) is 2.98. The van der Waals surface area contributed by atoms with Gasteiger partial charge in [-0.15, -0.1) is 0 Å². The molecule has 1 aromatic carbocycles. The number of carbonyl (C=O) groups is 2. The lowest BCUT2D eigenvalue weighted by Gasteiger charge is -2.19. The van der Waals surface area contributed by atoms with Gasteiger partial charge in [0.2, 0.25) is 0 Å². The van der Waals surface area contributed by atoms with E-state index in [0.29, 0.717) is 5.56 Å². The van der Waals surface area contributed by atoms with Crippen LogP contribution in [0.2, 0.25) is 0 Å². The first-order valence-electron chi connectivity index (χ1n) is 6.43. The largest absolute Gasteiger partial charge is 0.479 e. The van der Waals surface area contributed by atoms with Gasteiger partial charge in [0, 0.05) is 6.04 Å². The van der Waals surface area contributed by atoms with Gasteiger partial charge in [0.15, 0.2) is 6.04 Å². The fraction of sp³-hybridized carbons (Fsp3) is 0.429. The molecule has 0 heterocycles. The number of carboxylic acids is 1. The Morgan fingerprint density at radius 3 is 2.16 bits per heavy atom. The zero-order valence-corrected chi connectivity index (χ0v) is 11.2. The molecule has 3 N–H and O–H groups in total. The number of benzene rings is 1. The fourth-order valence-electron chi connectivity index (χ4n) is 1.78. The van der Waals surface area contributed by atoms with Crippen molar-refractivity contribution >= 4 is 12.0 Å². The number of urea groups is 1. The van der Waals surface area contributed by atoms with Gasteiger partial charge in [-0.1, -0.05) is 44.2 Å². The molecule has 0 fully saturated rings. The van der Waals surface area contributed by atoms with Gasteiger partial charge in [-0.05, 0) is 18.4 Å². The normalized spacial score (nSPS) is 11.9. The van der Waals surface area contributed by atoms with E-state index in [-0.39, 0.29) is 6.04 Å². The van der Waals surface area contributed by atoms with Gasteiger partial charge < -0.3 is 15.7 Å². The lowest BCUT2D eigenvalue weighted by atomic mass is 10.1. The Morgan fingerprint density at radius 2 is 1.68 bits per heavy atom. The van der Waals surface area contributed by atoms with Crippen molar-refractivity contribution < 1.29 is 14.7 Å². The van der Waals surface area contributed by atoms with Crippen LogP contribution in [-0.2, 0) is 4.79 Å². The molecule has 1 unspecified atom stereocenters. The van der Waals surface area contributed by atoms with Crippen LogP contribution in [0, 0.1) is 0 Å². The minimum atomic E-state index is -1.08. The third kappa shape index (κ3) is 4.62. The van der Waals surface area contributed by atoms with E-state index in [1.54, 1.807) is 30.3 Å². The molecule has 0 aliphatic carbocycles. The number of rotatable bonds is 6. The molecule has 5 heteroatoms. The first-order valence-corrected chi connectivity index (χ1v) is 6.43. The first-order chi connectivity index (χ1) is 9.08. The quantitative estimate of drug-likeness (QED) is 0.737.